The van der Waals surface area contributed by atoms with Gasteiger partial charge in [0, 0.05) is 17.9 Å². The number of hydrogen-bond acceptors (Lipinski definition) is 5. The normalized spacial score (nSPS) is 12.1. The molecule has 2 N–H and O–H groups in total. The fourth-order valence-electron chi connectivity index (χ4n) is 1.50. The Bertz CT molecular complexity index is 449. The molecule has 0 bridgehead atoms. The van der Waals surface area contributed by atoms with Gasteiger partial charge in [-0.25, -0.2) is 14.8 Å². The summed E-state index contributed by atoms with van der Waals surface area (Å²) in [5.41, 5.74) is 0.434. The van der Waals surface area contributed by atoms with Gasteiger partial charge in [0.25, 0.3) is 0 Å². The van der Waals surface area contributed by atoms with Crippen molar-refractivity contribution < 1.29 is 9.53 Å². The SMILES string of the molecule is CNC(C)(C)Cc1cnc(NC(=O)OC(C)(C)C)nc1. The summed E-state index contributed by atoms with van der Waals surface area (Å²) in [6.07, 6.45) is 3.66. The number of aromatic nitrogens is 2. The molecule has 1 rings (SSSR count). The number of anilines is 1. The predicted octanol–water partition coefficient (Wildman–Crippen LogP) is 2.36. The second-order valence-electron chi connectivity index (χ2n) is 6.35. The van der Waals surface area contributed by atoms with Gasteiger partial charge in [-0.15, -0.1) is 0 Å². The molecule has 0 aliphatic heterocycles. The van der Waals surface area contributed by atoms with E-state index in [0.717, 1.165) is 12.0 Å². The van der Waals surface area contributed by atoms with Crippen LogP contribution in [0.4, 0.5) is 10.7 Å². The lowest BCUT2D eigenvalue weighted by Gasteiger charge is -2.23. The monoisotopic (exact) mass is 280 g/mol. The number of nitrogens with zero attached hydrogens (tertiary/aromatic N) is 2. The maximum absolute atomic E-state index is 11.6. The van der Waals surface area contributed by atoms with Crippen LogP contribution in [0.25, 0.3) is 0 Å². The van der Waals surface area contributed by atoms with Crippen molar-refractivity contribution in [1.29, 1.82) is 0 Å². The topological polar surface area (TPSA) is 76.1 Å². The van der Waals surface area contributed by atoms with Gasteiger partial charge in [0.05, 0.1) is 0 Å². The molecule has 0 atom stereocenters. The molecule has 0 radical (unpaired) electrons. The number of hydrogen-bond donors (Lipinski definition) is 2. The maximum atomic E-state index is 11.6. The van der Waals surface area contributed by atoms with E-state index >= 15 is 0 Å². The smallest absolute Gasteiger partial charge is 0.414 e. The lowest BCUT2D eigenvalue weighted by molar-refractivity contribution is 0.0634. The van der Waals surface area contributed by atoms with Crippen molar-refractivity contribution >= 4 is 12.0 Å². The van der Waals surface area contributed by atoms with E-state index in [9.17, 15) is 4.79 Å². The van der Waals surface area contributed by atoms with Gasteiger partial charge < -0.3 is 10.1 Å². The number of amides is 1. The molecular weight excluding hydrogens is 256 g/mol. The third-order valence-electron chi connectivity index (χ3n) is 2.64. The molecule has 1 heterocycles. The summed E-state index contributed by atoms with van der Waals surface area (Å²) in [7, 11) is 1.92. The van der Waals surface area contributed by atoms with E-state index in [0.29, 0.717) is 0 Å². The summed E-state index contributed by atoms with van der Waals surface area (Å²) in [5.74, 6) is 0.241. The van der Waals surface area contributed by atoms with Crippen LogP contribution in [-0.4, -0.2) is 34.2 Å². The molecule has 0 aliphatic rings. The Balaban J connectivity index is 2.61. The van der Waals surface area contributed by atoms with Crippen LogP contribution in [0.15, 0.2) is 12.4 Å². The zero-order valence-electron chi connectivity index (χ0n) is 13.1. The fourth-order valence-corrected chi connectivity index (χ4v) is 1.50. The van der Waals surface area contributed by atoms with Crippen molar-refractivity contribution in [2.45, 2.75) is 52.2 Å². The predicted molar refractivity (Wildman–Crippen MR) is 78.7 cm³/mol. The average molecular weight is 280 g/mol. The minimum atomic E-state index is -0.555. The van der Waals surface area contributed by atoms with Crippen LogP contribution in [0, 0.1) is 0 Å². The van der Waals surface area contributed by atoms with E-state index < -0.39 is 11.7 Å². The molecule has 0 aliphatic carbocycles. The van der Waals surface area contributed by atoms with Crippen molar-refractivity contribution in [2.24, 2.45) is 0 Å². The second-order valence-corrected chi connectivity index (χ2v) is 6.35. The summed E-state index contributed by atoms with van der Waals surface area (Å²) in [4.78, 5) is 19.8. The number of carbonyl (C=O) groups excluding carboxylic acids is 1. The van der Waals surface area contributed by atoms with E-state index in [-0.39, 0.29) is 11.5 Å². The highest BCUT2D eigenvalue weighted by atomic mass is 16.6. The summed E-state index contributed by atoms with van der Waals surface area (Å²) in [6, 6.07) is 0. The average Bonchev–Trinajstić information content (AvgIpc) is 2.29. The van der Waals surface area contributed by atoms with Gasteiger partial charge in [0.15, 0.2) is 0 Å². The Labute approximate surface area is 120 Å². The lowest BCUT2D eigenvalue weighted by Crippen LogP contribution is -2.38. The van der Waals surface area contributed by atoms with E-state index in [1.54, 1.807) is 33.2 Å². The van der Waals surface area contributed by atoms with Gasteiger partial charge in [-0.05, 0) is 53.7 Å². The Morgan fingerprint density at radius 3 is 2.20 bits per heavy atom. The second kappa shape index (κ2) is 6.17. The maximum Gasteiger partial charge on any atom is 0.414 e. The Kier molecular flexibility index (Phi) is 5.05. The first-order chi connectivity index (χ1) is 9.11. The van der Waals surface area contributed by atoms with E-state index in [4.69, 9.17) is 4.74 Å². The largest absolute Gasteiger partial charge is 0.444 e. The molecule has 0 aromatic carbocycles. The zero-order valence-corrected chi connectivity index (χ0v) is 13.1. The Morgan fingerprint density at radius 2 is 1.75 bits per heavy atom. The van der Waals surface area contributed by atoms with E-state index in [1.807, 2.05) is 7.05 Å². The molecule has 1 aromatic rings. The van der Waals surface area contributed by atoms with E-state index in [2.05, 4.69) is 34.4 Å². The number of rotatable bonds is 4. The summed E-state index contributed by atoms with van der Waals surface area (Å²) < 4.78 is 5.13. The standard InChI is InChI=1S/C14H24N4O2/c1-13(2,3)20-12(19)18-11-16-8-10(9-17-11)7-14(4,5)15-6/h8-9,15H,7H2,1-6H3,(H,16,17,18,19). The van der Waals surface area contributed by atoms with Gasteiger partial charge in [-0.1, -0.05) is 0 Å². The number of carbonyl (C=O) groups is 1. The van der Waals surface area contributed by atoms with Gasteiger partial charge in [-0.3, -0.25) is 5.32 Å². The van der Waals surface area contributed by atoms with Gasteiger partial charge in [0.2, 0.25) is 5.95 Å². The van der Waals surface area contributed by atoms with Gasteiger partial charge in [0.1, 0.15) is 5.60 Å². The molecule has 0 spiro atoms. The van der Waals surface area contributed by atoms with Crippen molar-refractivity contribution in [3.63, 3.8) is 0 Å². The molecule has 20 heavy (non-hydrogen) atoms. The fraction of sp³-hybridized carbons (Fsp3) is 0.643. The minimum Gasteiger partial charge on any atom is -0.444 e. The first kappa shape index (κ1) is 16.4. The van der Waals surface area contributed by atoms with Crippen molar-refractivity contribution in [2.75, 3.05) is 12.4 Å². The molecule has 0 saturated carbocycles. The van der Waals surface area contributed by atoms with Crippen LogP contribution < -0.4 is 10.6 Å². The van der Waals surface area contributed by atoms with Crippen LogP contribution >= 0.6 is 0 Å². The molecule has 1 amide bonds. The molecule has 1 aromatic heterocycles. The highest BCUT2D eigenvalue weighted by Gasteiger charge is 2.18. The molecule has 112 valence electrons. The summed E-state index contributed by atoms with van der Waals surface area (Å²) >= 11 is 0. The lowest BCUT2D eigenvalue weighted by atomic mass is 9.97. The van der Waals surface area contributed by atoms with Crippen LogP contribution in [0.2, 0.25) is 0 Å². The molecule has 6 nitrogen and oxygen atoms in total. The third kappa shape index (κ3) is 5.97. The first-order valence-electron chi connectivity index (χ1n) is 6.61. The zero-order chi connectivity index (χ0) is 15.4. The Morgan fingerprint density at radius 1 is 1.20 bits per heavy atom. The van der Waals surface area contributed by atoms with Crippen LogP contribution in [0.5, 0.6) is 0 Å². The van der Waals surface area contributed by atoms with Crippen LogP contribution in [-0.2, 0) is 11.2 Å². The van der Waals surface area contributed by atoms with Crippen molar-refractivity contribution in [3.8, 4) is 0 Å². The molecule has 6 heteroatoms. The molecule has 0 unspecified atom stereocenters. The van der Waals surface area contributed by atoms with Crippen LogP contribution in [0.1, 0.15) is 40.2 Å². The highest BCUT2D eigenvalue weighted by molar-refractivity contribution is 5.82. The minimum absolute atomic E-state index is 0.0243. The number of ether oxygens (including phenoxy) is 1. The first-order valence-corrected chi connectivity index (χ1v) is 6.61. The van der Waals surface area contributed by atoms with Crippen LogP contribution in [0.3, 0.4) is 0 Å². The third-order valence-corrected chi connectivity index (χ3v) is 2.64. The van der Waals surface area contributed by atoms with Gasteiger partial charge >= 0.3 is 6.09 Å². The Hall–Kier alpha value is -1.69. The molecule has 0 saturated heterocycles. The summed E-state index contributed by atoms with van der Waals surface area (Å²) in [5, 5.41) is 5.72. The van der Waals surface area contributed by atoms with Crippen molar-refractivity contribution in [1.82, 2.24) is 15.3 Å². The van der Waals surface area contributed by atoms with Crippen molar-refractivity contribution in [3.05, 3.63) is 18.0 Å². The molecule has 0 fully saturated rings. The van der Waals surface area contributed by atoms with Gasteiger partial charge in [-0.2, -0.15) is 0 Å². The number of nitrogens with one attached hydrogen (secondary N) is 2. The molecular formula is C14H24N4O2. The quantitative estimate of drug-likeness (QED) is 0.885. The van der Waals surface area contributed by atoms with E-state index in [1.165, 1.54) is 0 Å². The highest BCUT2D eigenvalue weighted by Crippen LogP contribution is 2.12. The summed E-state index contributed by atoms with van der Waals surface area (Å²) in [6.45, 7) is 9.60. The number of likely N-dealkylation sites (N-methyl/N-ethyl adjacent to an activating group) is 1.